The molecule has 1 aliphatic rings. The Bertz CT molecular complexity index is 1180. The molecule has 0 bridgehead atoms. The predicted molar refractivity (Wildman–Crippen MR) is 115 cm³/mol. The molecule has 2 N–H and O–H groups in total. The first kappa shape index (κ1) is 20.4. The number of carbonyl (C=O) groups excluding carboxylic acids is 3. The van der Waals surface area contributed by atoms with Crippen molar-refractivity contribution in [3.8, 4) is 5.69 Å². The molecule has 158 valence electrons. The topological polar surface area (TPSA) is 89.4 Å². The number of aryl methyl sites for hydroxylation is 1. The number of fused-ring (bicyclic) bond motifs is 1. The summed E-state index contributed by atoms with van der Waals surface area (Å²) in [7, 11) is 0. The van der Waals surface area contributed by atoms with Crippen molar-refractivity contribution in [3.05, 3.63) is 88.7 Å². The average molecular weight is 417 g/mol. The number of rotatable bonds is 3. The lowest BCUT2D eigenvalue weighted by atomic mass is 9.89. The number of amides is 2. The third kappa shape index (κ3) is 3.70. The number of hydrogen-bond donors (Lipinski definition) is 2. The van der Waals surface area contributed by atoms with Crippen LogP contribution in [-0.2, 0) is 16.0 Å². The molecule has 0 saturated heterocycles. The minimum absolute atomic E-state index is 0.221. The summed E-state index contributed by atoms with van der Waals surface area (Å²) in [5.74, 6) is -1.60. The lowest BCUT2D eigenvalue weighted by molar-refractivity contribution is -0.140. The van der Waals surface area contributed by atoms with Crippen LogP contribution >= 0.6 is 0 Å². The molecule has 2 amide bonds. The fraction of sp³-hybridized carbons (Fsp3) is 0.208. The SMILES string of the molecule is Cc1cc(C(=O)NNC(=O)C2(C)Cc3ccccc3C(=O)O2)c(C)n1-c1ccccc1. The molecule has 0 spiro atoms. The van der Waals surface area contributed by atoms with Gasteiger partial charge in [-0.1, -0.05) is 36.4 Å². The van der Waals surface area contributed by atoms with Crippen LogP contribution in [0.3, 0.4) is 0 Å². The van der Waals surface area contributed by atoms with Gasteiger partial charge in [-0.15, -0.1) is 0 Å². The second kappa shape index (κ2) is 7.75. The Morgan fingerprint density at radius 3 is 2.42 bits per heavy atom. The summed E-state index contributed by atoms with van der Waals surface area (Å²) in [6, 6.07) is 18.5. The third-order valence-electron chi connectivity index (χ3n) is 5.54. The van der Waals surface area contributed by atoms with Crippen LogP contribution in [-0.4, -0.2) is 28.0 Å². The number of ether oxygens (including phenoxy) is 1. The van der Waals surface area contributed by atoms with Crippen molar-refractivity contribution in [2.24, 2.45) is 0 Å². The van der Waals surface area contributed by atoms with Gasteiger partial charge >= 0.3 is 5.97 Å². The van der Waals surface area contributed by atoms with E-state index in [4.69, 9.17) is 4.74 Å². The van der Waals surface area contributed by atoms with Crippen LogP contribution in [0.5, 0.6) is 0 Å². The number of benzene rings is 2. The van der Waals surface area contributed by atoms with E-state index < -0.39 is 23.4 Å². The van der Waals surface area contributed by atoms with Crippen molar-refractivity contribution in [1.82, 2.24) is 15.4 Å². The summed E-state index contributed by atoms with van der Waals surface area (Å²) in [6.07, 6.45) is 0.221. The number of hydrazine groups is 1. The molecule has 1 aromatic heterocycles. The lowest BCUT2D eigenvalue weighted by Gasteiger charge is -2.32. The molecular weight excluding hydrogens is 394 g/mol. The van der Waals surface area contributed by atoms with Gasteiger partial charge in [-0.25, -0.2) is 4.79 Å². The van der Waals surface area contributed by atoms with E-state index in [0.29, 0.717) is 11.1 Å². The van der Waals surface area contributed by atoms with Gasteiger partial charge in [0.2, 0.25) is 0 Å². The quantitative estimate of drug-likeness (QED) is 0.506. The molecule has 7 heteroatoms. The van der Waals surface area contributed by atoms with Gasteiger partial charge in [0.1, 0.15) is 0 Å². The van der Waals surface area contributed by atoms with Gasteiger partial charge in [0, 0.05) is 23.5 Å². The molecule has 1 aliphatic heterocycles. The summed E-state index contributed by atoms with van der Waals surface area (Å²) < 4.78 is 7.37. The van der Waals surface area contributed by atoms with Gasteiger partial charge in [-0.2, -0.15) is 0 Å². The largest absolute Gasteiger partial charge is 0.445 e. The van der Waals surface area contributed by atoms with E-state index in [2.05, 4.69) is 10.9 Å². The second-order valence-corrected chi connectivity index (χ2v) is 7.82. The smallest absolute Gasteiger partial charge is 0.339 e. The van der Waals surface area contributed by atoms with Gasteiger partial charge in [-0.05, 0) is 50.6 Å². The van der Waals surface area contributed by atoms with Crippen LogP contribution in [0, 0.1) is 13.8 Å². The van der Waals surface area contributed by atoms with E-state index >= 15 is 0 Å². The highest BCUT2D eigenvalue weighted by atomic mass is 16.6. The molecule has 0 saturated carbocycles. The summed E-state index contributed by atoms with van der Waals surface area (Å²) in [4.78, 5) is 37.8. The number of cyclic esters (lactones) is 1. The zero-order valence-corrected chi connectivity index (χ0v) is 17.6. The van der Waals surface area contributed by atoms with Crippen LogP contribution in [0.25, 0.3) is 5.69 Å². The zero-order chi connectivity index (χ0) is 22.2. The van der Waals surface area contributed by atoms with Crippen LogP contribution in [0.4, 0.5) is 0 Å². The van der Waals surface area contributed by atoms with Crippen molar-refractivity contribution in [2.75, 3.05) is 0 Å². The number of esters is 1. The molecule has 31 heavy (non-hydrogen) atoms. The van der Waals surface area contributed by atoms with E-state index in [1.807, 2.05) is 48.7 Å². The summed E-state index contributed by atoms with van der Waals surface area (Å²) in [5.41, 5.74) is 7.66. The average Bonchev–Trinajstić information content (AvgIpc) is 3.06. The van der Waals surface area contributed by atoms with Crippen molar-refractivity contribution in [1.29, 1.82) is 0 Å². The number of hydrogen-bond acceptors (Lipinski definition) is 4. The van der Waals surface area contributed by atoms with Crippen molar-refractivity contribution < 1.29 is 19.1 Å². The standard InChI is InChI=1S/C24H23N3O4/c1-15-13-20(16(2)27(15)18-10-5-4-6-11-18)21(28)25-26-23(30)24(3)14-17-9-7-8-12-19(17)22(29)31-24/h4-13H,14H2,1-3H3,(H,25,28)(H,26,30). The van der Waals surface area contributed by atoms with Crippen LogP contribution in [0.15, 0.2) is 60.7 Å². The minimum atomic E-state index is -1.42. The van der Waals surface area contributed by atoms with Crippen LogP contribution < -0.4 is 10.9 Å². The lowest BCUT2D eigenvalue weighted by Crippen LogP contribution is -2.56. The summed E-state index contributed by atoms with van der Waals surface area (Å²) in [5, 5.41) is 0. The number of para-hydroxylation sites is 1. The molecule has 7 nitrogen and oxygen atoms in total. The Morgan fingerprint density at radius 1 is 1.00 bits per heavy atom. The van der Waals surface area contributed by atoms with E-state index in [0.717, 1.165) is 22.6 Å². The molecule has 0 radical (unpaired) electrons. The first-order valence-electron chi connectivity index (χ1n) is 9.96. The normalized spacial score (nSPS) is 17.5. The van der Waals surface area contributed by atoms with Gasteiger partial charge in [-0.3, -0.25) is 20.4 Å². The van der Waals surface area contributed by atoms with Gasteiger partial charge < -0.3 is 9.30 Å². The number of nitrogens with zero attached hydrogens (tertiary/aromatic N) is 1. The third-order valence-corrected chi connectivity index (χ3v) is 5.54. The maximum Gasteiger partial charge on any atom is 0.339 e. The Labute approximate surface area is 180 Å². The Balaban J connectivity index is 1.48. The summed E-state index contributed by atoms with van der Waals surface area (Å²) >= 11 is 0. The fourth-order valence-electron chi connectivity index (χ4n) is 3.94. The van der Waals surface area contributed by atoms with Crippen LogP contribution in [0.2, 0.25) is 0 Å². The highest BCUT2D eigenvalue weighted by Gasteiger charge is 2.42. The highest BCUT2D eigenvalue weighted by molar-refractivity contribution is 6.00. The molecule has 1 unspecified atom stereocenters. The van der Waals surface area contributed by atoms with Crippen molar-refractivity contribution >= 4 is 17.8 Å². The zero-order valence-electron chi connectivity index (χ0n) is 17.6. The minimum Gasteiger partial charge on any atom is -0.445 e. The molecule has 1 atom stereocenters. The fourth-order valence-corrected chi connectivity index (χ4v) is 3.94. The first-order valence-corrected chi connectivity index (χ1v) is 9.96. The highest BCUT2D eigenvalue weighted by Crippen LogP contribution is 2.28. The van der Waals surface area contributed by atoms with E-state index in [1.54, 1.807) is 30.3 Å². The summed E-state index contributed by atoms with van der Waals surface area (Å²) in [6.45, 7) is 5.29. The molecule has 4 rings (SSSR count). The van der Waals surface area contributed by atoms with E-state index in [9.17, 15) is 14.4 Å². The number of nitrogens with one attached hydrogen (secondary N) is 2. The Hall–Kier alpha value is -3.87. The van der Waals surface area contributed by atoms with Crippen molar-refractivity contribution in [3.63, 3.8) is 0 Å². The maximum absolute atomic E-state index is 12.8. The number of carbonyl (C=O) groups is 3. The molecular formula is C24H23N3O4. The van der Waals surface area contributed by atoms with Gasteiger partial charge in [0.15, 0.2) is 5.60 Å². The molecule has 2 heterocycles. The van der Waals surface area contributed by atoms with E-state index in [-0.39, 0.29) is 6.42 Å². The maximum atomic E-state index is 12.8. The first-order chi connectivity index (χ1) is 14.8. The predicted octanol–water partition coefficient (Wildman–Crippen LogP) is 3.03. The Morgan fingerprint density at radius 2 is 1.68 bits per heavy atom. The van der Waals surface area contributed by atoms with E-state index in [1.165, 1.54) is 6.92 Å². The second-order valence-electron chi connectivity index (χ2n) is 7.82. The van der Waals surface area contributed by atoms with Gasteiger partial charge in [0.25, 0.3) is 11.8 Å². The number of aromatic nitrogens is 1. The Kier molecular flexibility index (Phi) is 5.10. The van der Waals surface area contributed by atoms with Crippen LogP contribution in [0.1, 0.15) is 44.6 Å². The monoisotopic (exact) mass is 417 g/mol. The molecule has 0 fully saturated rings. The van der Waals surface area contributed by atoms with Gasteiger partial charge in [0.05, 0.1) is 11.1 Å². The molecule has 0 aliphatic carbocycles. The molecule has 3 aromatic rings. The van der Waals surface area contributed by atoms with Crippen molar-refractivity contribution in [2.45, 2.75) is 32.8 Å². The molecule has 2 aromatic carbocycles.